The highest BCUT2D eigenvalue weighted by Crippen LogP contribution is 2.30. The maximum atomic E-state index is 5.48. The molecule has 0 spiro atoms. The molecule has 0 saturated heterocycles. The number of rotatable bonds is 5. The van der Waals surface area contributed by atoms with Gasteiger partial charge in [0.2, 0.25) is 0 Å². The third kappa shape index (κ3) is 3.12. The van der Waals surface area contributed by atoms with Crippen LogP contribution in [0.25, 0.3) is 0 Å². The molecular weight excluding hydrogens is 222 g/mol. The maximum Gasteiger partial charge on any atom is 0.0725 e. The van der Waals surface area contributed by atoms with Gasteiger partial charge in [-0.2, -0.15) is 0 Å². The third-order valence-corrected chi connectivity index (χ3v) is 3.81. The van der Waals surface area contributed by atoms with Crippen molar-refractivity contribution in [3.8, 4) is 0 Å². The molecule has 0 radical (unpaired) electrons. The van der Waals surface area contributed by atoms with Crippen LogP contribution in [0.2, 0.25) is 0 Å². The molecule has 0 saturated carbocycles. The Kier molecular flexibility index (Phi) is 4.08. The zero-order valence-corrected chi connectivity index (χ0v) is 12.0. The fourth-order valence-electron chi connectivity index (χ4n) is 2.41. The first-order valence-electron chi connectivity index (χ1n) is 6.92. The van der Waals surface area contributed by atoms with Crippen molar-refractivity contribution < 1.29 is 4.74 Å². The van der Waals surface area contributed by atoms with E-state index in [2.05, 4.69) is 51.2 Å². The Morgan fingerprint density at radius 2 is 1.94 bits per heavy atom. The lowest BCUT2D eigenvalue weighted by Crippen LogP contribution is -2.29. The Bertz CT molecular complexity index is 410. The van der Waals surface area contributed by atoms with Gasteiger partial charge in [0.15, 0.2) is 0 Å². The van der Waals surface area contributed by atoms with Crippen molar-refractivity contribution in [1.82, 2.24) is 5.32 Å². The smallest absolute Gasteiger partial charge is 0.0725 e. The highest BCUT2D eigenvalue weighted by Gasteiger charge is 2.22. The van der Waals surface area contributed by atoms with Crippen molar-refractivity contribution >= 4 is 0 Å². The molecule has 2 heteroatoms. The number of benzene rings is 1. The van der Waals surface area contributed by atoms with Gasteiger partial charge in [0, 0.05) is 6.04 Å². The molecule has 100 valence electrons. The molecular formula is C16H25NO. The SMILES string of the molecule is CC(C)NCCC(C)(C)c1ccc2c(c1)COC2. The Morgan fingerprint density at radius 1 is 1.22 bits per heavy atom. The molecule has 2 nitrogen and oxygen atoms in total. The van der Waals surface area contributed by atoms with Crippen LogP contribution in [0.4, 0.5) is 0 Å². The second-order valence-corrected chi connectivity index (χ2v) is 6.22. The summed E-state index contributed by atoms with van der Waals surface area (Å²) in [4.78, 5) is 0. The number of fused-ring (bicyclic) bond motifs is 1. The topological polar surface area (TPSA) is 21.3 Å². The third-order valence-electron chi connectivity index (χ3n) is 3.81. The summed E-state index contributed by atoms with van der Waals surface area (Å²) in [5.41, 5.74) is 4.38. The minimum atomic E-state index is 0.222. The summed E-state index contributed by atoms with van der Waals surface area (Å²) in [7, 11) is 0. The zero-order valence-electron chi connectivity index (χ0n) is 12.0. The predicted molar refractivity (Wildman–Crippen MR) is 75.7 cm³/mol. The van der Waals surface area contributed by atoms with Gasteiger partial charge in [0.05, 0.1) is 13.2 Å². The van der Waals surface area contributed by atoms with Gasteiger partial charge in [0.25, 0.3) is 0 Å². The van der Waals surface area contributed by atoms with E-state index in [1.54, 1.807) is 0 Å². The molecule has 1 aliphatic heterocycles. The molecule has 1 heterocycles. The molecule has 0 aliphatic carbocycles. The van der Waals surface area contributed by atoms with Gasteiger partial charge >= 0.3 is 0 Å². The van der Waals surface area contributed by atoms with Crippen molar-refractivity contribution in [3.05, 3.63) is 34.9 Å². The first-order valence-corrected chi connectivity index (χ1v) is 6.92. The lowest BCUT2D eigenvalue weighted by molar-refractivity contribution is 0.134. The standard InChI is InChI=1S/C16H25NO/c1-12(2)17-8-7-16(3,4)15-6-5-13-10-18-11-14(13)9-15/h5-6,9,12,17H,7-8,10-11H2,1-4H3. The first kappa shape index (κ1) is 13.6. The summed E-state index contributed by atoms with van der Waals surface area (Å²) < 4.78 is 5.48. The summed E-state index contributed by atoms with van der Waals surface area (Å²) in [6.45, 7) is 11.7. The molecule has 1 N–H and O–H groups in total. The van der Waals surface area contributed by atoms with Crippen LogP contribution in [0.15, 0.2) is 18.2 Å². The Hall–Kier alpha value is -0.860. The second kappa shape index (κ2) is 5.41. The van der Waals surface area contributed by atoms with Gasteiger partial charge in [-0.15, -0.1) is 0 Å². The van der Waals surface area contributed by atoms with E-state index in [1.165, 1.54) is 16.7 Å². The molecule has 1 aromatic carbocycles. The van der Waals surface area contributed by atoms with E-state index in [4.69, 9.17) is 4.74 Å². The van der Waals surface area contributed by atoms with E-state index in [1.807, 2.05) is 0 Å². The second-order valence-electron chi connectivity index (χ2n) is 6.22. The summed E-state index contributed by atoms with van der Waals surface area (Å²) in [5, 5.41) is 3.50. The van der Waals surface area contributed by atoms with Gasteiger partial charge in [-0.05, 0) is 35.1 Å². The fourth-order valence-corrected chi connectivity index (χ4v) is 2.41. The van der Waals surface area contributed by atoms with Crippen LogP contribution in [0.5, 0.6) is 0 Å². The van der Waals surface area contributed by atoms with Crippen molar-refractivity contribution in [2.45, 2.75) is 58.8 Å². The molecule has 0 amide bonds. The summed E-state index contributed by atoms with van der Waals surface area (Å²) >= 11 is 0. The van der Waals surface area contributed by atoms with Crippen molar-refractivity contribution in [1.29, 1.82) is 0 Å². The Morgan fingerprint density at radius 3 is 2.67 bits per heavy atom. The molecule has 2 rings (SSSR count). The van der Waals surface area contributed by atoms with Gasteiger partial charge in [-0.3, -0.25) is 0 Å². The van der Waals surface area contributed by atoms with Gasteiger partial charge < -0.3 is 10.1 Å². The molecule has 0 fully saturated rings. The minimum absolute atomic E-state index is 0.222. The van der Waals surface area contributed by atoms with Crippen LogP contribution in [0, 0.1) is 0 Å². The van der Waals surface area contributed by atoms with E-state index in [9.17, 15) is 0 Å². The molecule has 1 aliphatic rings. The zero-order chi connectivity index (χ0) is 13.2. The molecule has 0 atom stereocenters. The lowest BCUT2D eigenvalue weighted by atomic mass is 9.80. The minimum Gasteiger partial charge on any atom is -0.372 e. The summed E-state index contributed by atoms with van der Waals surface area (Å²) in [6, 6.07) is 7.39. The number of hydrogen-bond acceptors (Lipinski definition) is 2. The fraction of sp³-hybridized carbons (Fsp3) is 0.625. The van der Waals surface area contributed by atoms with E-state index in [0.29, 0.717) is 6.04 Å². The van der Waals surface area contributed by atoms with Gasteiger partial charge in [-0.25, -0.2) is 0 Å². The highest BCUT2D eigenvalue weighted by molar-refractivity contribution is 5.36. The van der Waals surface area contributed by atoms with E-state index >= 15 is 0 Å². The van der Waals surface area contributed by atoms with Crippen LogP contribution in [-0.4, -0.2) is 12.6 Å². The van der Waals surface area contributed by atoms with Gasteiger partial charge in [-0.1, -0.05) is 45.9 Å². The van der Waals surface area contributed by atoms with Crippen LogP contribution in [-0.2, 0) is 23.4 Å². The average Bonchev–Trinajstić information content (AvgIpc) is 2.74. The molecule has 0 unspecified atom stereocenters. The number of nitrogens with one attached hydrogen (secondary N) is 1. The van der Waals surface area contributed by atoms with Crippen LogP contribution < -0.4 is 5.32 Å². The predicted octanol–water partition coefficient (Wildman–Crippen LogP) is 3.38. The number of ether oxygens (including phenoxy) is 1. The lowest BCUT2D eigenvalue weighted by Gasteiger charge is -2.26. The largest absolute Gasteiger partial charge is 0.372 e. The molecule has 1 aromatic rings. The maximum absolute atomic E-state index is 5.48. The monoisotopic (exact) mass is 247 g/mol. The van der Waals surface area contributed by atoms with E-state index in [-0.39, 0.29) is 5.41 Å². The normalized spacial score (nSPS) is 15.2. The molecule has 0 bridgehead atoms. The summed E-state index contributed by atoms with van der Waals surface area (Å²) in [5.74, 6) is 0. The van der Waals surface area contributed by atoms with E-state index in [0.717, 1.165) is 26.2 Å². The van der Waals surface area contributed by atoms with Crippen molar-refractivity contribution in [3.63, 3.8) is 0 Å². The van der Waals surface area contributed by atoms with E-state index < -0.39 is 0 Å². The summed E-state index contributed by atoms with van der Waals surface area (Å²) in [6.07, 6.45) is 1.16. The van der Waals surface area contributed by atoms with Crippen LogP contribution >= 0.6 is 0 Å². The van der Waals surface area contributed by atoms with Crippen LogP contribution in [0.1, 0.15) is 50.8 Å². The Labute approximate surface area is 111 Å². The van der Waals surface area contributed by atoms with Gasteiger partial charge in [0.1, 0.15) is 0 Å². The highest BCUT2D eigenvalue weighted by atomic mass is 16.5. The van der Waals surface area contributed by atoms with Crippen LogP contribution in [0.3, 0.4) is 0 Å². The van der Waals surface area contributed by atoms with Crippen molar-refractivity contribution in [2.24, 2.45) is 0 Å². The molecule has 18 heavy (non-hydrogen) atoms. The average molecular weight is 247 g/mol. The first-order chi connectivity index (χ1) is 8.49. The number of hydrogen-bond donors (Lipinski definition) is 1. The molecule has 0 aromatic heterocycles. The van der Waals surface area contributed by atoms with Crippen molar-refractivity contribution in [2.75, 3.05) is 6.54 Å². The quantitative estimate of drug-likeness (QED) is 0.861. The Balaban J connectivity index is 2.04.